The van der Waals surface area contributed by atoms with E-state index in [1.165, 1.54) is 11.8 Å². The van der Waals surface area contributed by atoms with Gasteiger partial charge in [-0.1, -0.05) is 53.2 Å². The Morgan fingerprint density at radius 1 is 1.11 bits per heavy atom. The molecular weight excluding hydrogens is 419 g/mol. The molecule has 1 aliphatic rings. The standard InChI is InChI=1S/C20H18Cl2N2OS2/c1-3-23(4-2)15-7-9-16(10-8-15)24-19(25)18(27-20(24)26)11-13-5-6-14(21)12-17(13)22/h5-12H,3-4H2,1-2H3. The van der Waals surface area contributed by atoms with Gasteiger partial charge in [0.15, 0.2) is 4.32 Å². The van der Waals surface area contributed by atoms with Gasteiger partial charge in [-0.2, -0.15) is 0 Å². The van der Waals surface area contributed by atoms with E-state index >= 15 is 0 Å². The normalized spacial score (nSPS) is 15.7. The van der Waals surface area contributed by atoms with Gasteiger partial charge in [0, 0.05) is 28.8 Å². The number of rotatable bonds is 5. The Labute approximate surface area is 178 Å². The van der Waals surface area contributed by atoms with Gasteiger partial charge in [-0.15, -0.1) is 0 Å². The highest BCUT2D eigenvalue weighted by molar-refractivity contribution is 8.27. The lowest BCUT2D eigenvalue weighted by atomic mass is 10.2. The van der Waals surface area contributed by atoms with Crippen LogP contribution >= 0.6 is 47.2 Å². The summed E-state index contributed by atoms with van der Waals surface area (Å²) in [7, 11) is 0. The Balaban J connectivity index is 1.87. The fraction of sp³-hybridized carbons (Fsp3) is 0.200. The van der Waals surface area contributed by atoms with Crippen molar-refractivity contribution in [3.05, 3.63) is 63.0 Å². The number of carbonyl (C=O) groups is 1. The van der Waals surface area contributed by atoms with Crippen LogP contribution in [0.5, 0.6) is 0 Å². The number of halogens is 2. The first-order valence-corrected chi connectivity index (χ1v) is 10.5. The molecule has 1 aliphatic heterocycles. The van der Waals surface area contributed by atoms with E-state index < -0.39 is 0 Å². The van der Waals surface area contributed by atoms with Crippen LogP contribution in [0.1, 0.15) is 19.4 Å². The molecule has 1 fully saturated rings. The molecule has 140 valence electrons. The number of amides is 1. The molecule has 0 saturated carbocycles. The molecular formula is C20H18Cl2N2OS2. The Bertz CT molecular complexity index is 909. The van der Waals surface area contributed by atoms with Crippen molar-refractivity contribution in [3.8, 4) is 0 Å². The number of hydrogen-bond acceptors (Lipinski definition) is 4. The van der Waals surface area contributed by atoms with E-state index in [4.69, 9.17) is 35.4 Å². The first kappa shape index (κ1) is 20.2. The summed E-state index contributed by atoms with van der Waals surface area (Å²) in [6.07, 6.45) is 1.75. The molecule has 1 heterocycles. The maximum atomic E-state index is 12.9. The van der Waals surface area contributed by atoms with E-state index in [1.54, 1.807) is 29.2 Å². The van der Waals surface area contributed by atoms with Crippen molar-refractivity contribution in [2.24, 2.45) is 0 Å². The van der Waals surface area contributed by atoms with Crippen LogP contribution in [0.2, 0.25) is 10.0 Å². The van der Waals surface area contributed by atoms with Crippen LogP contribution < -0.4 is 9.80 Å². The highest BCUT2D eigenvalue weighted by atomic mass is 35.5. The van der Waals surface area contributed by atoms with E-state index in [0.717, 1.165) is 30.0 Å². The SMILES string of the molecule is CCN(CC)c1ccc(N2C(=O)C(=Cc3ccc(Cl)cc3Cl)SC2=S)cc1. The molecule has 2 aromatic rings. The molecule has 1 amide bonds. The lowest BCUT2D eigenvalue weighted by Crippen LogP contribution is -2.27. The van der Waals surface area contributed by atoms with Crippen LogP contribution in [0.15, 0.2) is 47.4 Å². The predicted molar refractivity (Wildman–Crippen MR) is 122 cm³/mol. The third kappa shape index (κ3) is 4.32. The van der Waals surface area contributed by atoms with Gasteiger partial charge in [-0.3, -0.25) is 9.69 Å². The first-order valence-electron chi connectivity index (χ1n) is 8.52. The lowest BCUT2D eigenvalue weighted by molar-refractivity contribution is -0.113. The van der Waals surface area contributed by atoms with Crippen molar-refractivity contribution in [1.82, 2.24) is 0 Å². The zero-order chi connectivity index (χ0) is 19.6. The van der Waals surface area contributed by atoms with Gasteiger partial charge in [0.2, 0.25) is 0 Å². The van der Waals surface area contributed by atoms with Crippen molar-refractivity contribution in [2.75, 3.05) is 22.9 Å². The number of thiocarbonyl (C=S) groups is 1. The van der Waals surface area contributed by atoms with E-state index in [2.05, 4.69) is 18.7 Å². The molecule has 0 radical (unpaired) electrons. The van der Waals surface area contributed by atoms with Crippen molar-refractivity contribution in [1.29, 1.82) is 0 Å². The maximum Gasteiger partial charge on any atom is 0.270 e. The summed E-state index contributed by atoms with van der Waals surface area (Å²) in [5.74, 6) is -0.147. The van der Waals surface area contributed by atoms with Crippen molar-refractivity contribution in [3.63, 3.8) is 0 Å². The highest BCUT2D eigenvalue weighted by Crippen LogP contribution is 2.37. The number of carbonyl (C=O) groups excluding carboxylic acids is 1. The first-order chi connectivity index (χ1) is 12.9. The van der Waals surface area contributed by atoms with Crippen LogP contribution in [0.25, 0.3) is 6.08 Å². The Morgan fingerprint density at radius 3 is 2.37 bits per heavy atom. The van der Waals surface area contributed by atoms with Crippen LogP contribution in [-0.4, -0.2) is 23.3 Å². The monoisotopic (exact) mass is 436 g/mol. The summed E-state index contributed by atoms with van der Waals surface area (Å²) in [6, 6.07) is 13.1. The Kier molecular flexibility index (Phi) is 6.48. The molecule has 0 spiro atoms. The number of anilines is 2. The zero-order valence-electron chi connectivity index (χ0n) is 14.9. The number of nitrogens with zero attached hydrogens (tertiary/aromatic N) is 2. The third-order valence-electron chi connectivity index (χ3n) is 4.28. The zero-order valence-corrected chi connectivity index (χ0v) is 18.1. The molecule has 3 nitrogen and oxygen atoms in total. The van der Waals surface area contributed by atoms with Crippen LogP contribution in [0.3, 0.4) is 0 Å². The molecule has 7 heteroatoms. The molecule has 27 heavy (non-hydrogen) atoms. The molecule has 0 bridgehead atoms. The van der Waals surface area contributed by atoms with Crippen LogP contribution in [0, 0.1) is 0 Å². The van der Waals surface area contributed by atoms with Gasteiger partial charge in [0.05, 0.1) is 10.6 Å². The quantitative estimate of drug-likeness (QED) is 0.408. The molecule has 0 atom stereocenters. The second kappa shape index (κ2) is 8.65. The second-order valence-electron chi connectivity index (χ2n) is 5.87. The number of thioether (sulfide) groups is 1. The van der Waals surface area contributed by atoms with Gasteiger partial charge in [-0.05, 0) is 61.9 Å². The molecule has 2 aromatic carbocycles. The number of hydrogen-bond donors (Lipinski definition) is 0. The average molecular weight is 437 g/mol. The molecule has 0 unspecified atom stereocenters. The highest BCUT2D eigenvalue weighted by Gasteiger charge is 2.33. The molecule has 0 aliphatic carbocycles. The largest absolute Gasteiger partial charge is 0.372 e. The molecule has 0 aromatic heterocycles. The average Bonchev–Trinajstić information content (AvgIpc) is 2.93. The molecule has 0 N–H and O–H groups in total. The fourth-order valence-corrected chi connectivity index (χ4v) is 4.60. The van der Waals surface area contributed by atoms with Crippen molar-refractivity contribution in [2.45, 2.75) is 13.8 Å². The second-order valence-corrected chi connectivity index (χ2v) is 8.39. The van der Waals surface area contributed by atoms with Gasteiger partial charge >= 0.3 is 0 Å². The van der Waals surface area contributed by atoms with E-state index in [-0.39, 0.29) is 5.91 Å². The fourth-order valence-electron chi connectivity index (χ4n) is 2.85. The molecule has 3 rings (SSSR count). The topological polar surface area (TPSA) is 23.6 Å². The smallest absolute Gasteiger partial charge is 0.270 e. The summed E-state index contributed by atoms with van der Waals surface area (Å²) in [6.45, 7) is 6.10. The van der Waals surface area contributed by atoms with E-state index in [0.29, 0.717) is 19.3 Å². The minimum atomic E-state index is -0.147. The van der Waals surface area contributed by atoms with E-state index in [9.17, 15) is 4.79 Å². The predicted octanol–water partition coefficient (Wildman–Crippen LogP) is 6.25. The summed E-state index contributed by atoms with van der Waals surface area (Å²) < 4.78 is 0.506. The summed E-state index contributed by atoms with van der Waals surface area (Å²) >= 11 is 18.9. The van der Waals surface area contributed by atoms with Crippen molar-refractivity contribution >= 4 is 74.9 Å². The van der Waals surface area contributed by atoms with Crippen molar-refractivity contribution < 1.29 is 4.79 Å². The van der Waals surface area contributed by atoms with Crippen LogP contribution in [-0.2, 0) is 4.79 Å². The number of benzene rings is 2. The van der Waals surface area contributed by atoms with Gasteiger partial charge < -0.3 is 4.90 Å². The minimum Gasteiger partial charge on any atom is -0.372 e. The third-order valence-corrected chi connectivity index (χ3v) is 6.14. The maximum absolute atomic E-state index is 12.9. The van der Waals surface area contributed by atoms with Gasteiger partial charge in [0.25, 0.3) is 5.91 Å². The van der Waals surface area contributed by atoms with E-state index in [1.807, 2.05) is 24.3 Å². The van der Waals surface area contributed by atoms with Crippen LogP contribution in [0.4, 0.5) is 11.4 Å². The summed E-state index contributed by atoms with van der Waals surface area (Å²) in [4.78, 5) is 17.2. The lowest BCUT2D eigenvalue weighted by Gasteiger charge is -2.22. The Hall–Kier alpha value is -1.53. The summed E-state index contributed by atoms with van der Waals surface area (Å²) in [5.41, 5.74) is 2.62. The van der Waals surface area contributed by atoms with Gasteiger partial charge in [-0.25, -0.2) is 0 Å². The summed E-state index contributed by atoms with van der Waals surface area (Å²) in [5, 5.41) is 1.05. The molecule has 1 saturated heterocycles. The minimum absolute atomic E-state index is 0.147. The van der Waals surface area contributed by atoms with Gasteiger partial charge in [0.1, 0.15) is 0 Å². The Morgan fingerprint density at radius 2 is 1.78 bits per heavy atom.